The van der Waals surface area contributed by atoms with Gasteiger partial charge in [0.1, 0.15) is 43.2 Å². The Morgan fingerprint density at radius 1 is 1.00 bits per heavy atom. The minimum absolute atomic E-state index is 0.263. The first-order chi connectivity index (χ1) is 18.2. The van der Waals surface area contributed by atoms with Gasteiger partial charge in [-0.1, -0.05) is 20.3 Å². The number of esters is 1. The van der Waals surface area contributed by atoms with E-state index in [0.29, 0.717) is 6.42 Å². The van der Waals surface area contributed by atoms with Gasteiger partial charge in [0.05, 0.1) is 24.0 Å². The van der Waals surface area contributed by atoms with Gasteiger partial charge < -0.3 is 54.5 Å². The van der Waals surface area contributed by atoms with Gasteiger partial charge in [-0.25, -0.2) is 4.79 Å². The summed E-state index contributed by atoms with van der Waals surface area (Å²) in [6.45, 7) is 5.43. The van der Waals surface area contributed by atoms with E-state index in [2.05, 4.69) is 5.32 Å². The Kier molecular flexibility index (Phi) is 12.0. The SMILES string of the molecule is CCCC(C(=O)OCC1O[C@H](C)C(NC(C)=O)C(OC2OC(C(=O)O)C(OC)C(O)C2O)C1O)[C@H](C)C(=O)O. The van der Waals surface area contributed by atoms with Crippen LogP contribution in [-0.4, -0.2) is 124 Å². The number of aliphatic carboxylic acids is 2. The number of carboxylic acid groups (broad SMARTS) is 2. The smallest absolute Gasteiger partial charge is 0.335 e. The number of aliphatic hydroxyl groups is 3. The Hall–Kier alpha value is -2.40. The van der Waals surface area contributed by atoms with Crippen molar-refractivity contribution in [2.45, 2.75) is 102 Å². The number of rotatable bonds is 12. The van der Waals surface area contributed by atoms with Gasteiger partial charge in [0.15, 0.2) is 12.4 Å². The van der Waals surface area contributed by atoms with E-state index in [9.17, 15) is 44.7 Å². The lowest BCUT2D eigenvalue weighted by molar-refractivity contribution is -0.327. The summed E-state index contributed by atoms with van der Waals surface area (Å²) in [4.78, 5) is 47.6. The normalized spacial score (nSPS) is 36.4. The van der Waals surface area contributed by atoms with E-state index in [0.717, 1.165) is 7.11 Å². The van der Waals surface area contributed by atoms with Gasteiger partial charge in [-0.15, -0.1) is 0 Å². The van der Waals surface area contributed by atoms with Crippen molar-refractivity contribution in [3.05, 3.63) is 0 Å². The van der Waals surface area contributed by atoms with Crippen molar-refractivity contribution in [1.82, 2.24) is 5.32 Å². The fraction of sp³-hybridized carbons (Fsp3) is 0.833. The van der Waals surface area contributed by atoms with E-state index in [-0.39, 0.29) is 6.42 Å². The van der Waals surface area contributed by atoms with Crippen LogP contribution >= 0.6 is 0 Å². The molecule has 1 amide bonds. The van der Waals surface area contributed by atoms with Gasteiger partial charge in [-0.2, -0.15) is 0 Å². The third-order valence-corrected chi connectivity index (χ3v) is 6.97. The Labute approximate surface area is 225 Å². The molecule has 39 heavy (non-hydrogen) atoms. The summed E-state index contributed by atoms with van der Waals surface area (Å²) < 4.78 is 27.1. The Morgan fingerprint density at radius 3 is 2.15 bits per heavy atom. The second-order valence-electron chi connectivity index (χ2n) is 9.79. The second-order valence-corrected chi connectivity index (χ2v) is 9.79. The van der Waals surface area contributed by atoms with Crippen LogP contribution in [0.5, 0.6) is 0 Å². The summed E-state index contributed by atoms with van der Waals surface area (Å²) in [6, 6.07) is -1.03. The Bertz CT molecular complexity index is 870. The number of amides is 1. The monoisotopic (exact) mass is 565 g/mol. The molecule has 0 aliphatic carbocycles. The number of carboxylic acids is 2. The molecular formula is C24H39NO14. The highest BCUT2D eigenvalue weighted by atomic mass is 16.7. The molecule has 2 aliphatic heterocycles. The number of hydrogen-bond donors (Lipinski definition) is 6. The van der Waals surface area contributed by atoms with Crippen LogP contribution < -0.4 is 5.32 Å². The number of carbonyl (C=O) groups excluding carboxylic acids is 2. The van der Waals surface area contributed by atoms with E-state index in [1.807, 2.05) is 0 Å². The first-order valence-corrected chi connectivity index (χ1v) is 12.7. The molecule has 0 spiro atoms. The summed E-state index contributed by atoms with van der Waals surface area (Å²) in [5.74, 6) is -5.91. The van der Waals surface area contributed by atoms with Crippen molar-refractivity contribution < 1.29 is 68.4 Å². The van der Waals surface area contributed by atoms with Gasteiger partial charge in [-0.05, 0) is 13.3 Å². The quantitative estimate of drug-likeness (QED) is 0.144. The van der Waals surface area contributed by atoms with Crippen LogP contribution in [0.4, 0.5) is 0 Å². The van der Waals surface area contributed by atoms with Crippen LogP contribution in [-0.2, 0) is 42.9 Å². The molecule has 15 nitrogen and oxygen atoms in total. The summed E-state index contributed by atoms with van der Waals surface area (Å²) in [7, 11) is 1.13. The molecule has 10 unspecified atom stereocenters. The van der Waals surface area contributed by atoms with Crippen molar-refractivity contribution in [2.24, 2.45) is 11.8 Å². The highest BCUT2D eigenvalue weighted by Gasteiger charge is 2.52. The number of hydrogen-bond acceptors (Lipinski definition) is 12. The van der Waals surface area contributed by atoms with E-state index >= 15 is 0 Å². The van der Waals surface area contributed by atoms with Crippen LogP contribution in [0, 0.1) is 11.8 Å². The zero-order valence-electron chi connectivity index (χ0n) is 22.5. The standard InChI is InChI=1S/C24H39NO14/c1-6-7-12(9(2)21(30)31)23(34)36-8-13-15(27)18(14(10(3)37-13)25-11(4)26)38-24-17(29)16(28)19(35-5)20(39-24)22(32)33/h9-10,12-20,24,27-29H,6-8H2,1-5H3,(H,25,26)(H,30,31)(H,32,33)/t9-,10+,12?,13?,14?,15?,16?,17?,18?,19?,20?,24?/m0/s1. The third kappa shape index (κ3) is 7.84. The minimum Gasteiger partial charge on any atom is -0.481 e. The molecule has 0 aromatic rings. The Morgan fingerprint density at radius 2 is 1.64 bits per heavy atom. The number of aliphatic hydroxyl groups excluding tert-OH is 3. The van der Waals surface area contributed by atoms with Crippen molar-refractivity contribution in [3.8, 4) is 0 Å². The van der Waals surface area contributed by atoms with Gasteiger partial charge in [0, 0.05) is 14.0 Å². The molecule has 0 radical (unpaired) electrons. The van der Waals surface area contributed by atoms with Gasteiger partial charge in [0.25, 0.3) is 0 Å². The predicted molar refractivity (Wildman–Crippen MR) is 128 cm³/mol. The molecule has 6 N–H and O–H groups in total. The van der Waals surface area contributed by atoms with Crippen molar-refractivity contribution in [3.63, 3.8) is 0 Å². The molecule has 2 heterocycles. The maximum atomic E-state index is 12.7. The van der Waals surface area contributed by atoms with Crippen molar-refractivity contribution in [2.75, 3.05) is 13.7 Å². The van der Waals surface area contributed by atoms with Gasteiger partial charge in [-0.3, -0.25) is 14.4 Å². The average Bonchev–Trinajstić information content (AvgIpc) is 2.87. The molecule has 0 aromatic carbocycles. The molecule has 0 bridgehead atoms. The van der Waals surface area contributed by atoms with Crippen LogP contribution in [0.2, 0.25) is 0 Å². The lowest BCUT2D eigenvalue weighted by atomic mass is 9.90. The van der Waals surface area contributed by atoms with Crippen molar-refractivity contribution >= 4 is 23.8 Å². The van der Waals surface area contributed by atoms with Gasteiger partial charge in [0.2, 0.25) is 5.91 Å². The number of nitrogens with one attached hydrogen (secondary N) is 1. The Balaban J connectivity index is 2.25. The lowest BCUT2D eigenvalue weighted by Gasteiger charge is -2.47. The van der Waals surface area contributed by atoms with Crippen LogP contribution in [0.25, 0.3) is 0 Å². The zero-order chi connectivity index (χ0) is 29.6. The fourth-order valence-electron chi connectivity index (χ4n) is 4.76. The van der Waals surface area contributed by atoms with Crippen LogP contribution in [0.1, 0.15) is 40.5 Å². The largest absolute Gasteiger partial charge is 0.481 e. The fourth-order valence-corrected chi connectivity index (χ4v) is 4.76. The van der Waals surface area contributed by atoms with E-state index < -0.39 is 103 Å². The van der Waals surface area contributed by atoms with Crippen LogP contribution in [0.15, 0.2) is 0 Å². The van der Waals surface area contributed by atoms with E-state index in [1.54, 1.807) is 6.92 Å². The first-order valence-electron chi connectivity index (χ1n) is 12.7. The molecule has 12 atom stereocenters. The van der Waals surface area contributed by atoms with E-state index in [4.69, 9.17) is 23.7 Å². The molecule has 0 saturated carbocycles. The summed E-state index contributed by atoms with van der Waals surface area (Å²) in [5, 5.41) is 53.4. The first kappa shape index (κ1) is 32.8. The summed E-state index contributed by atoms with van der Waals surface area (Å²) in [5.41, 5.74) is 0. The molecule has 2 fully saturated rings. The topological polar surface area (TPSA) is 228 Å². The van der Waals surface area contributed by atoms with Gasteiger partial charge >= 0.3 is 17.9 Å². The number of carbonyl (C=O) groups is 4. The molecule has 2 aliphatic rings. The molecule has 2 rings (SSSR count). The van der Waals surface area contributed by atoms with E-state index in [1.165, 1.54) is 20.8 Å². The lowest BCUT2D eigenvalue weighted by Crippen LogP contribution is -2.67. The minimum atomic E-state index is -1.79. The second kappa shape index (κ2) is 14.3. The number of methoxy groups -OCH3 is 1. The summed E-state index contributed by atoms with van der Waals surface area (Å²) >= 11 is 0. The number of ether oxygens (including phenoxy) is 5. The average molecular weight is 566 g/mol. The maximum Gasteiger partial charge on any atom is 0.335 e. The third-order valence-electron chi connectivity index (χ3n) is 6.97. The summed E-state index contributed by atoms with van der Waals surface area (Å²) in [6.07, 6.45) is -12.7. The predicted octanol–water partition coefficient (Wildman–Crippen LogP) is -1.75. The highest BCUT2D eigenvalue weighted by molar-refractivity contribution is 5.80. The van der Waals surface area contributed by atoms with Crippen LogP contribution in [0.3, 0.4) is 0 Å². The molecule has 15 heteroatoms. The highest BCUT2D eigenvalue weighted by Crippen LogP contribution is 2.30. The molecular weight excluding hydrogens is 526 g/mol. The molecule has 2 saturated heterocycles. The zero-order valence-corrected chi connectivity index (χ0v) is 22.5. The van der Waals surface area contributed by atoms with Crippen molar-refractivity contribution in [1.29, 1.82) is 0 Å². The maximum absolute atomic E-state index is 12.7. The molecule has 0 aromatic heterocycles. The molecule has 224 valence electrons.